The standard InChI is InChI=1S/C13H22N2O4/c1-3-19-12(17)10-6-13(7-11(13)15-10)8-18-5-4-14-9(2)16/h10-11,15H,3-8H2,1-2H3,(H,14,16)/t10-,11-,13+/m0/s1. The molecule has 19 heavy (non-hydrogen) atoms. The second kappa shape index (κ2) is 5.88. The van der Waals surface area contributed by atoms with Crippen LogP contribution in [-0.4, -0.2) is 50.3 Å². The summed E-state index contributed by atoms with van der Waals surface area (Å²) in [7, 11) is 0. The Labute approximate surface area is 113 Å². The summed E-state index contributed by atoms with van der Waals surface area (Å²) >= 11 is 0. The van der Waals surface area contributed by atoms with Crippen LogP contribution < -0.4 is 10.6 Å². The molecule has 108 valence electrons. The maximum atomic E-state index is 11.6. The Hall–Kier alpha value is -1.14. The zero-order valence-electron chi connectivity index (χ0n) is 11.5. The van der Waals surface area contributed by atoms with Gasteiger partial charge >= 0.3 is 5.97 Å². The van der Waals surface area contributed by atoms with E-state index in [1.54, 1.807) is 0 Å². The van der Waals surface area contributed by atoms with Gasteiger partial charge in [-0.05, 0) is 19.8 Å². The molecule has 1 amide bonds. The third kappa shape index (κ3) is 3.45. The number of carbonyl (C=O) groups excluding carboxylic acids is 2. The van der Waals surface area contributed by atoms with Crippen LogP contribution >= 0.6 is 0 Å². The van der Waals surface area contributed by atoms with Crippen LogP contribution in [0.5, 0.6) is 0 Å². The van der Waals surface area contributed by atoms with Crippen LogP contribution in [0.15, 0.2) is 0 Å². The molecule has 1 saturated carbocycles. The number of rotatable bonds is 7. The highest BCUT2D eigenvalue weighted by Crippen LogP contribution is 2.54. The summed E-state index contributed by atoms with van der Waals surface area (Å²) in [6, 6.07) is 0.195. The number of nitrogens with one attached hydrogen (secondary N) is 2. The second-order valence-electron chi connectivity index (χ2n) is 5.33. The molecule has 1 aliphatic heterocycles. The van der Waals surface area contributed by atoms with Gasteiger partial charge in [-0.1, -0.05) is 0 Å². The fraction of sp³-hybridized carbons (Fsp3) is 0.846. The number of piperidine rings is 1. The number of esters is 1. The second-order valence-corrected chi connectivity index (χ2v) is 5.33. The Morgan fingerprint density at radius 3 is 2.89 bits per heavy atom. The van der Waals surface area contributed by atoms with Crippen LogP contribution in [0.3, 0.4) is 0 Å². The van der Waals surface area contributed by atoms with Gasteiger partial charge in [0.05, 0.1) is 19.8 Å². The fourth-order valence-electron chi connectivity index (χ4n) is 2.70. The zero-order valence-corrected chi connectivity index (χ0v) is 11.5. The predicted molar refractivity (Wildman–Crippen MR) is 68.5 cm³/mol. The van der Waals surface area contributed by atoms with Crippen molar-refractivity contribution in [3.63, 3.8) is 0 Å². The average Bonchev–Trinajstić information content (AvgIpc) is 2.90. The van der Waals surface area contributed by atoms with E-state index in [1.165, 1.54) is 6.92 Å². The van der Waals surface area contributed by atoms with Gasteiger partial charge in [-0.15, -0.1) is 0 Å². The van der Waals surface area contributed by atoms with E-state index >= 15 is 0 Å². The first kappa shape index (κ1) is 14.3. The Kier molecular flexibility index (Phi) is 4.42. The van der Waals surface area contributed by atoms with Crippen molar-refractivity contribution in [1.82, 2.24) is 10.6 Å². The topological polar surface area (TPSA) is 76.7 Å². The molecule has 2 aliphatic rings. The fourth-order valence-corrected chi connectivity index (χ4v) is 2.70. The van der Waals surface area contributed by atoms with Crippen LogP contribution in [-0.2, 0) is 19.1 Å². The number of hydrogen-bond donors (Lipinski definition) is 2. The van der Waals surface area contributed by atoms with Crippen LogP contribution in [0.2, 0.25) is 0 Å². The quantitative estimate of drug-likeness (QED) is 0.496. The van der Waals surface area contributed by atoms with E-state index in [0.29, 0.717) is 32.4 Å². The highest BCUT2D eigenvalue weighted by molar-refractivity contribution is 5.77. The molecule has 6 heteroatoms. The lowest BCUT2D eigenvalue weighted by Gasteiger charge is -2.15. The van der Waals surface area contributed by atoms with Gasteiger partial charge in [0.15, 0.2) is 0 Å². The van der Waals surface area contributed by atoms with Gasteiger partial charge in [0, 0.05) is 24.9 Å². The summed E-state index contributed by atoms with van der Waals surface area (Å²) in [4.78, 5) is 22.3. The first-order chi connectivity index (χ1) is 9.07. The van der Waals surface area contributed by atoms with E-state index in [4.69, 9.17) is 9.47 Å². The Bertz CT molecular complexity index is 361. The number of carbonyl (C=O) groups is 2. The molecule has 0 aromatic rings. The molecule has 1 heterocycles. The molecule has 2 rings (SSSR count). The summed E-state index contributed by atoms with van der Waals surface area (Å²) in [5.74, 6) is -0.205. The van der Waals surface area contributed by atoms with Crippen LogP contribution in [0.25, 0.3) is 0 Å². The summed E-state index contributed by atoms with van der Waals surface area (Å²) in [5.41, 5.74) is 0.105. The molecule has 3 atom stereocenters. The van der Waals surface area contributed by atoms with E-state index < -0.39 is 0 Å². The van der Waals surface area contributed by atoms with E-state index in [0.717, 1.165) is 12.8 Å². The minimum Gasteiger partial charge on any atom is -0.465 e. The zero-order chi connectivity index (χ0) is 13.9. The molecule has 6 nitrogen and oxygen atoms in total. The Balaban J connectivity index is 1.66. The van der Waals surface area contributed by atoms with Crippen molar-refractivity contribution in [2.24, 2.45) is 5.41 Å². The van der Waals surface area contributed by atoms with Gasteiger partial charge in [0.2, 0.25) is 5.91 Å². The monoisotopic (exact) mass is 270 g/mol. The largest absolute Gasteiger partial charge is 0.465 e. The molecule has 0 radical (unpaired) electrons. The van der Waals surface area contributed by atoms with Gasteiger partial charge in [-0.25, -0.2) is 0 Å². The minimum absolute atomic E-state index is 0.0454. The predicted octanol–water partition coefficient (Wildman–Crippen LogP) is -0.177. The lowest BCUT2D eigenvalue weighted by atomic mass is 10.0. The van der Waals surface area contributed by atoms with Crippen molar-refractivity contribution in [2.75, 3.05) is 26.4 Å². The van der Waals surface area contributed by atoms with Gasteiger partial charge in [-0.3, -0.25) is 9.59 Å². The van der Waals surface area contributed by atoms with Crippen molar-refractivity contribution < 1.29 is 19.1 Å². The molecule has 0 aromatic heterocycles. The average molecular weight is 270 g/mol. The molecular weight excluding hydrogens is 248 g/mol. The molecular formula is C13H22N2O4. The van der Waals surface area contributed by atoms with Crippen LogP contribution in [0.4, 0.5) is 0 Å². The molecule has 0 spiro atoms. The Morgan fingerprint density at radius 1 is 1.42 bits per heavy atom. The molecule has 0 unspecified atom stereocenters. The van der Waals surface area contributed by atoms with Crippen molar-refractivity contribution in [1.29, 1.82) is 0 Å². The summed E-state index contributed by atoms with van der Waals surface area (Å²) in [5, 5.41) is 5.98. The van der Waals surface area contributed by atoms with E-state index in [9.17, 15) is 9.59 Å². The number of ether oxygens (including phenoxy) is 2. The van der Waals surface area contributed by atoms with Crippen molar-refractivity contribution >= 4 is 11.9 Å². The molecule has 0 bridgehead atoms. The highest BCUT2D eigenvalue weighted by Gasteiger charge is 2.61. The lowest BCUT2D eigenvalue weighted by Crippen LogP contribution is -2.35. The molecule has 2 fully saturated rings. The van der Waals surface area contributed by atoms with Gasteiger partial charge in [0.1, 0.15) is 6.04 Å². The van der Waals surface area contributed by atoms with Crippen molar-refractivity contribution in [2.45, 2.75) is 38.8 Å². The third-order valence-electron chi connectivity index (χ3n) is 3.78. The van der Waals surface area contributed by atoms with E-state index in [-0.39, 0.29) is 23.3 Å². The number of fused-ring (bicyclic) bond motifs is 1. The van der Waals surface area contributed by atoms with E-state index in [1.807, 2.05) is 6.92 Å². The summed E-state index contributed by atoms with van der Waals surface area (Å²) in [6.45, 7) is 5.40. The highest BCUT2D eigenvalue weighted by atomic mass is 16.5. The molecule has 0 aromatic carbocycles. The van der Waals surface area contributed by atoms with Crippen LogP contribution in [0, 0.1) is 5.41 Å². The lowest BCUT2D eigenvalue weighted by molar-refractivity contribution is -0.145. The first-order valence-corrected chi connectivity index (χ1v) is 6.82. The summed E-state index contributed by atoms with van der Waals surface area (Å²) in [6.07, 6.45) is 1.85. The summed E-state index contributed by atoms with van der Waals surface area (Å²) < 4.78 is 10.6. The molecule has 1 aliphatic carbocycles. The number of amides is 1. The van der Waals surface area contributed by atoms with Crippen molar-refractivity contribution in [3.05, 3.63) is 0 Å². The maximum absolute atomic E-state index is 11.6. The van der Waals surface area contributed by atoms with Crippen LogP contribution in [0.1, 0.15) is 26.7 Å². The van der Waals surface area contributed by atoms with Gasteiger partial charge < -0.3 is 20.1 Å². The normalized spacial score (nSPS) is 31.7. The molecule has 1 saturated heterocycles. The van der Waals surface area contributed by atoms with E-state index in [2.05, 4.69) is 10.6 Å². The minimum atomic E-state index is -0.183. The number of hydrogen-bond acceptors (Lipinski definition) is 5. The smallest absolute Gasteiger partial charge is 0.323 e. The molecule has 2 N–H and O–H groups in total. The first-order valence-electron chi connectivity index (χ1n) is 6.82. The van der Waals surface area contributed by atoms with Gasteiger partial charge in [0.25, 0.3) is 0 Å². The Morgan fingerprint density at radius 2 is 2.21 bits per heavy atom. The third-order valence-corrected chi connectivity index (χ3v) is 3.78. The maximum Gasteiger partial charge on any atom is 0.323 e. The SMILES string of the molecule is CCOC(=O)[C@@H]1C[C@]2(COCCNC(C)=O)C[C@@H]2N1. The van der Waals surface area contributed by atoms with Crippen molar-refractivity contribution in [3.8, 4) is 0 Å². The van der Waals surface area contributed by atoms with Gasteiger partial charge in [-0.2, -0.15) is 0 Å².